The van der Waals surface area contributed by atoms with Crippen molar-refractivity contribution in [3.8, 4) is 6.07 Å². The van der Waals surface area contributed by atoms with Gasteiger partial charge in [0.05, 0.1) is 11.3 Å². The third-order valence-corrected chi connectivity index (χ3v) is 5.24. The SMILES string of the molecule is CC1CCN(c2ccc(Nc3ccnc(Nc4ccccc4C#N)n3)cc2)CC1. The molecule has 0 saturated carbocycles. The second-order valence-electron chi connectivity index (χ2n) is 7.39. The summed E-state index contributed by atoms with van der Waals surface area (Å²) in [5.74, 6) is 1.96. The zero-order valence-corrected chi connectivity index (χ0v) is 16.5. The Morgan fingerprint density at radius 2 is 1.76 bits per heavy atom. The fourth-order valence-electron chi connectivity index (χ4n) is 3.47. The number of anilines is 5. The van der Waals surface area contributed by atoms with Gasteiger partial charge in [-0.15, -0.1) is 0 Å². The van der Waals surface area contributed by atoms with Crippen LogP contribution in [0.15, 0.2) is 60.8 Å². The summed E-state index contributed by atoms with van der Waals surface area (Å²) in [7, 11) is 0. The maximum atomic E-state index is 9.23. The molecule has 0 spiro atoms. The molecule has 29 heavy (non-hydrogen) atoms. The number of piperidine rings is 1. The Morgan fingerprint density at radius 1 is 1.00 bits per heavy atom. The van der Waals surface area contributed by atoms with E-state index in [2.05, 4.69) is 62.8 Å². The minimum atomic E-state index is 0.441. The number of nitrogens with zero attached hydrogens (tertiary/aromatic N) is 4. The number of hydrogen-bond acceptors (Lipinski definition) is 6. The topological polar surface area (TPSA) is 76.9 Å². The van der Waals surface area contributed by atoms with Crippen molar-refractivity contribution >= 4 is 28.8 Å². The summed E-state index contributed by atoms with van der Waals surface area (Å²) in [5.41, 5.74) is 3.48. The normalized spacial score (nSPS) is 14.3. The molecule has 1 fully saturated rings. The zero-order valence-electron chi connectivity index (χ0n) is 16.5. The Balaban J connectivity index is 1.43. The molecule has 6 heteroatoms. The molecule has 2 N–H and O–H groups in total. The number of nitriles is 1. The molecule has 4 rings (SSSR count). The molecule has 0 unspecified atom stereocenters. The third kappa shape index (κ3) is 4.64. The van der Waals surface area contributed by atoms with Gasteiger partial charge in [0.15, 0.2) is 0 Å². The molecule has 0 aliphatic carbocycles. The first kappa shape index (κ1) is 18.8. The van der Waals surface area contributed by atoms with Crippen LogP contribution in [0.1, 0.15) is 25.3 Å². The first-order valence-corrected chi connectivity index (χ1v) is 9.92. The highest BCUT2D eigenvalue weighted by Crippen LogP contribution is 2.25. The summed E-state index contributed by atoms with van der Waals surface area (Å²) in [6.45, 7) is 4.58. The van der Waals surface area contributed by atoms with Gasteiger partial charge in [-0.1, -0.05) is 19.1 Å². The van der Waals surface area contributed by atoms with E-state index in [1.165, 1.54) is 18.5 Å². The second-order valence-corrected chi connectivity index (χ2v) is 7.39. The van der Waals surface area contributed by atoms with Crippen molar-refractivity contribution in [2.45, 2.75) is 19.8 Å². The number of para-hydroxylation sites is 1. The van der Waals surface area contributed by atoms with E-state index in [4.69, 9.17) is 0 Å². The van der Waals surface area contributed by atoms with Gasteiger partial charge in [0.2, 0.25) is 5.95 Å². The van der Waals surface area contributed by atoms with E-state index in [1.807, 2.05) is 24.3 Å². The van der Waals surface area contributed by atoms with Gasteiger partial charge < -0.3 is 15.5 Å². The van der Waals surface area contributed by atoms with Gasteiger partial charge in [-0.25, -0.2) is 4.98 Å². The summed E-state index contributed by atoms with van der Waals surface area (Å²) >= 11 is 0. The molecule has 1 aromatic heterocycles. The van der Waals surface area contributed by atoms with E-state index in [0.717, 1.165) is 24.7 Å². The molecule has 2 heterocycles. The summed E-state index contributed by atoms with van der Waals surface area (Å²) in [4.78, 5) is 11.2. The van der Waals surface area contributed by atoms with Crippen LogP contribution in [0.2, 0.25) is 0 Å². The van der Waals surface area contributed by atoms with Crippen LogP contribution in [0.3, 0.4) is 0 Å². The Bertz CT molecular complexity index is 1000. The Morgan fingerprint density at radius 3 is 2.52 bits per heavy atom. The Labute approximate surface area is 171 Å². The number of nitrogens with one attached hydrogen (secondary N) is 2. The molecule has 1 saturated heterocycles. The lowest BCUT2D eigenvalue weighted by molar-refractivity contribution is 0.438. The molecule has 3 aromatic rings. The minimum Gasteiger partial charge on any atom is -0.372 e. The zero-order chi connectivity index (χ0) is 20.1. The van der Waals surface area contributed by atoms with Crippen molar-refractivity contribution in [1.82, 2.24) is 9.97 Å². The van der Waals surface area contributed by atoms with Gasteiger partial charge in [0.25, 0.3) is 0 Å². The van der Waals surface area contributed by atoms with E-state index >= 15 is 0 Å². The minimum absolute atomic E-state index is 0.441. The first-order chi connectivity index (χ1) is 14.2. The van der Waals surface area contributed by atoms with Crippen molar-refractivity contribution in [2.75, 3.05) is 28.6 Å². The van der Waals surface area contributed by atoms with E-state index < -0.39 is 0 Å². The Kier molecular flexibility index (Phi) is 5.57. The number of hydrogen-bond donors (Lipinski definition) is 2. The molecule has 0 atom stereocenters. The van der Waals surface area contributed by atoms with Crippen molar-refractivity contribution in [2.24, 2.45) is 5.92 Å². The third-order valence-electron chi connectivity index (χ3n) is 5.24. The summed E-state index contributed by atoms with van der Waals surface area (Å²) < 4.78 is 0. The van der Waals surface area contributed by atoms with E-state index in [1.54, 1.807) is 12.3 Å². The molecule has 1 aliphatic heterocycles. The molecule has 2 aromatic carbocycles. The smallest absolute Gasteiger partial charge is 0.229 e. The van der Waals surface area contributed by atoms with Crippen LogP contribution in [-0.2, 0) is 0 Å². The molecular formula is C23H24N6. The molecule has 0 amide bonds. The van der Waals surface area contributed by atoms with Crippen molar-refractivity contribution in [3.63, 3.8) is 0 Å². The fourth-order valence-corrected chi connectivity index (χ4v) is 3.47. The van der Waals surface area contributed by atoms with Crippen LogP contribution >= 0.6 is 0 Å². The van der Waals surface area contributed by atoms with Gasteiger partial charge in [-0.05, 0) is 61.2 Å². The van der Waals surface area contributed by atoms with E-state index in [9.17, 15) is 5.26 Å². The highest BCUT2D eigenvalue weighted by atomic mass is 15.1. The number of aromatic nitrogens is 2. The quantitative estimate of drug-likeness (QED) is 0.639. The van der Waals surface area contributed by atoms with Crippen molar-refractivity contribution in [3.05, 3.63) is 66.4 Å². The lowest BCUT2D eigenvalue weighted by Crippen LogP contribution is -2.32. The predicted molar refractivity (Wildman–Crippen MR) is 117 cm³/mol. The maximum absolute atomic E-state index is 9.23. The molecule has 0 radical (unpaired) electrons. The first-order valence-electron chi connectivity index (χ1n) is 9.92. The van der Waals surface area contributed by atoms with Crippen LogP contribution in [-0.4, -0.2) is 23.1 Å². The average molecular weight is 384 g/mol. The van der Waals surface area contributed by atoms with E-state index in [-0.39, 0.29) is 0 Å². The molecule has 146 valence electrons. The van der Waals surface area contributed by atoms with Gasteiger partial charge in [0, 0.05) is 30.7 Å². The molecule has 6 nitrogen and oxygen atoms in total. The van der Waals surface area contributed by atoms with Crippen molar-refractivity contribution < 1.29 is 0 Å². The van der Waals surface area contributed by atoms with Crippen LogP contribution in [0.5, 0.6) is 0 Å². The van der Waals surface area contributed by atoms with Gasteiger partial charge >= 0.3 is 0 Å². The van der Waals surface area contributed by atoms with Crippen LogP contribution in [0, 0.1) is 17.2 Å². The summed E-state index contributed by atoms with van der Waals surface area (Å²) in [6, 6.07) is 19.7. The van der Waals surface area contributed by atoms with E-state index in [0.29, 0.717) is 23.0 Å². The fraction of sp³-hybridized carbons (Fsp3) is 0.261. The van der Waals surface area contributed by atoms with Gasteiger partial charge in [-0.2, -0.15) is 10.2 Å². The van der Waals surface area contributed by atoms with Crippen LogP contribution in [0.25, 0.3) is 0 Å². The second kappa shape index (κ2) is 8.61. The predicted octanol–water partition coefficient (Wildman–Crippen LogP) is 5.07. The summed E-state index contributed by atoms with van der Waals surface area (Å²) in [6.07, 6.45) is 4.20. The highest BCUT2D eigenvalue weighted by molar-refractivity contribution is 5.65. The molecular weight excluding hydrogens is 360 g/mol. The largest absolute Gasteiger partial charge is 0.372 e. The van der Waals surface area contributed by atoms with Gasteiger partial charge in [0.1, 0.15) is 11.9 Å². The maximum Gasteiger partial charge on any atom is 0.229 e. The number of rotatable bonds is 5. The monoisotopic (exact) mass is 384 g/mol. The number of benzene rings is 2. The van der Waals surface area contributed by atoms with Gasteiger partial charge in [-0.3, -0.25) is 0 Å². The lowest BCUT2D eigenvalue weighted by Gasteiger charge is -2.32. The van der Waals surface area contributed by atoms with Crippen LogP contribution < -0.4 is 15.5 Å². The highest BCUT2D eigenvalue weighted by Gasteiger charge is 2.15. The molecule has 1 aliphatic rings. The average Bonchev–Trinajstić information content (AvgIpc) is 2.76. The Hall–Kier alpha value is -3.59. The van der Waals surface area contributed by atoms with Crippen LogP contribution in [0.4, 0.5) is 28.8 Å². The lowest BCUT2D eigenvalue weighted by atomic mass is 9.99. The summed E-state index contributed by atoms with van der Waals surface area (Å²) in [5, 5.41) is 15.7. The van der Waals surface area contributed by atoms with Crippen molar-refractivity contribution in [1.29, 1.82) is 5.26 Å². The molecule has 0 bridgehead atoms. The standard InChI is InChI=1S/C23H24N6/c1-17-11-14-29(15-12-17)20-8-6-19(7-9-20)26-22-10-13-25-23(28-22)27-21-5-3-2-4-18(21)16-24/h2-10,13,17H,11-12,14-15H2,1H3,(H2,25,26,27,28).